The lowest BCUT2D eigenvalue weighted by atomic mass is 9.80. The van der Waals surface area contributed by atoms with Crippen LogP contribution in [-0.2, 0) is 19.1 Å². The standard InChI is InChI=1S/C13H20ClNO4/c1-2-19-12(17)13(7-14)8-15(9-13)11(16)10-3-5-18-6-4-10/h10H,2-9H2,1H3. The minimum absolute atomic E-state index is 0.0317. The van der Waals surface area contributed by atoms with Gasteiger partial charge < -0.3 is 14.4 Å². The first-order valence-electron chi connectivity index (χ1n) is 6.72. The molecule has 2 aliphatic rings. The smallest absolute Gasteiger partial charge is 0.316 e. The van der Waals surface area contributed by atoms with E-state index in [1.165, 1.54) is 0 Å². The Morgan fingerprint density at radius 2 is 2.00 bits per heavy atom. The minimum atomic E-state index is -0.696. The first-order chi connectivity index (χ1) is 9.13. The number of carbonyl (C=O) groups excluding carboxylic acids is 2. The quantitative estimate of drug-likeness (QED) is 0.573. The molecule has 6 heteroatoms. The zero-order valence-electron chi connectivity index (χ0n) is 11.2. The van der Waals surface area contributed by atoms with Gasteiger partial charge in [0.1, 0.15) is 5.41 Å². The number of halogens is 1. The summed E-state index contributed by atoms with van der Waals surface area (Å²) in [5.41, 5.74) is -0.696. The zero-order valence-corrected chi connectivity index (χ0v) is 11.9. The molecule has 2 saturated heterocycles. The molecule has 2 aliphatic heterocycles. The average Bonchev–Trinajstić information content (AvgIpc) is 2.39. The van der Waals surface area contributed by atoms with Crippen LogP contribution in [0.3, 0.4) is 0 Å². The Hall–Kier alpha value is -0.810. The van der Waals surface area contributed by atoms with Crippen LogP contribution in [0, 0.1) is 11.3 Å². The van der Waals surface area contributed by atoms with Gasteiger partial charge in [-0.2, -0.15) is 0 Å². The van der Waals surface area contributed by atoms with E-state index in [-0.39, 0.29) is 23.7 Å². The van der Waals surface area contributed by atoms with Crippen LogP contribution < -0.4 is 0 Å². The minimum Gasteiger partial charge on any atom is -0.465 e. The topological polar surface area (TPSA) is 55.8 Å². The van der Waals surface area contributed by atoms with Crippen LogP contribution >= 0.6 is 11.6 Å². The van der Waals surface area contributed by atoms with Gasteiger partial charge in [0, 0.05) is 38.1 Å². The number of carbonyl (C=O) groups is 2. The molecule has 2 rings (SSSR count). The number of esters is 1. The van der Waals surface area contributed by atoms with Crippen LogP contribution in [-0.4, -0.2) is 55.6 Å². The molecule has 0 saturated carbocycles. The third kappa shape index (κ3) is 2.87. The summed E-state index contributed by atoms with van der Waals surface area (Å²) in [5.74, 6) is 0.0577. The van der Waals surface area contributed by atoms with Crippen molar-refractivity contribution in [1.82, 2.24) is 4.90 Å². The number of hydrogen-bond donors (Lipinski definition) is 0. The number of likely N-dealkylation sites (tertiary alicyclic amines) is 1. The molecular weight excluding hydrogens is 270 g/mol. The van der Waals surface area contributed by atoms with E-state index in [9.17, 15) is 9.59 Å². The first kappa shape index (κ1) is 14.6. The molecule has 5 nitrogen and oxygen atoms in total. The van der Waals surface area contributed by atoms with Gasteiger partial charge in [-0.1, -0.05) is 0 Å². The predicted octanol–water partition coefficient (Wildman–Crippen LogP) is 1.04. The predicted molar refractivity (Wildman–Crippen MR) is 69.9 cm³/mol. The van der Waals surface area contributed by atoms with Gasteiger partial charge >= 0.3 is 5.97 Å². The molecule has 0 bridgehead atoms. The summed E-state index contributed by atoms with van der Waals surface area (Å²) in [6.07, 6.45) is 1.53. The molecule has 2 heterocycles. The van der Waals surface area contributed by atoms with Crippen molar-refractivity contribution in [3.8, 4) is 0 Å². The maximum absolute atomic E-state index is 12.2. The van der Waals surface area contributed by atoms with E-state index in [2.05, 4.69) is 0 Å². The molecular formula is C13H20ClNO4. The first-order valence-corrected chi connectivity index (χ1v) is 7.26. The highest BCUT2D eigenvalue weighted by Gasteiger charge is 2.52. The van der Waals surface area contributed by atoms with Crippen molar-refractivity contribution in [3.05, 3.63) is 0 Å². The largest absolute Gasteiger partial charge is 0.465 e. The fourth-order valence-corrected chi connectivity index (χ4v) is 2.87. The number of hydrogen-bond acceptors (Lipinski definition) is 4. The maximum Gasteiger partial charge on any atom is 0.316 e. The highest BCUT2D eigenvalue weighted by atomic mass is 35.5. The van der Waals surface area contributed by atoms with E-state index in [4.69, 9.17) is 21.1 Å². The van der Waals surface area contributed by atoms with Gasteiger partial charge in [0.25, 0.3) is 0 Å². The lowest BCUT2D eigenvalue weighted by Gasteiger charge is -2.48. The average molecular weight is 290 g/mol. The van der Waals surface area contributed by atoms with Crippen LogP contribution in [0.2, 0.25) is 0 Å². The van der Waals surface area contributed by atoms with E-state index >= 15 is 0 Å². The normalized spacial score (nSPS) is 22.7. The third-order valence-corrected chi connectivity index (χ3v) is 4.35. The van der Waals surface area contributed by atoms with Crippen molar-refractivity contribution >= 4 is 23.5 Å². The SMILES string of the molecule is CCOC(=O)C1(CCl)CN(C(=O)C2CCOCC2)C1. The van der Waals surface area contributed by atoms with Crippen LogP contribution in [0.15, 0.2) is 0 Å². The van der Waals surface area contributed by atoms with Gasteiger partial charge in [0.05, 0.1) is 6.61 Å². The fraction of sp³-hybridized carbons (Fsp3) is 0.846. The summed E-state index contributed by atoms with van der Waals surface area (Å²) in [6.45, 7) is 4.15. The number of ether oxygens (including phenoxy) is 2. The molecule has 2 fully saturated rings. The van der Waals surface area contributed by atoms with Crippen LogP contribution in [0.4, 0.5) is 0 Å². The summed E-state index contributed by atoms with van der Waals surface area (Å²) < 4.78 is 10.3. The molecule has 0 spiro atoms. The van der Waals surface area contributed by atoms with Gasteiger partial charge in [-0.15, -0.1) is 11.6 Å². The summed E-state index contributed by atoms with van der Waals surface area (Å²) in [7, 11) is 0. The van der Waals surface area contributed by atoms with Crippen molar-refractivity contribution in [2.75, 3.05) is 38.8 Å². The molecule has 0 aliphatic carbocycles. The number of rotatable bonds is 4. The van der Waals surface area contributed by atoms with Gasteiger partial charge in [-0.3, -0.25) is 9.59 Å². The Labute approximate surface area is 118 Å². The molecule has 0 atom stereocenters. The van der Waals surface area contributed by atoms with Crippen molar-refractivity contribution in [1.29, 1.82) is 0 Å². The molecule has 0 aromatic carbocycles. The molecule has 0 unspecified atom stereocenters. The second kappa shape index (κ2) is 6.09. The van der Waals surface area contributed by atoms with E-state index in [0.717, 1.165) is 12.8 Å². The summed E-state index contributed by atoms with van der Waals surface area (Å²) >= 11 is 5.89. The Kier molecular flexibility index (Phi) is 4.68. The highest BCUT2D eigenvalue weighted by Crippen LogP contribution is 2.35. The fourth-order valence-electron chi connectivity index (χ4n) is 2.60. The Morgan fingerprint density at radius 3 is 2.53 bits per heavy atom. The maximum atomic E-state index is 12.2. The molecule has 0 aromatic rings. The monoisotopic (exact) mass is 289 g/mol. The Balaban J connectivity index is 1.89. The van der Waals surface area contributed by atoms with Crippen molar-refractivity contribution < 1.29 is 19.1 Å². The Morgan fingerprint density at radius 1 is 1.37 bits per heavy atom. The number of nitrogens with zero attached hydrogens (tertiary/aromatic N) is 1. The van der Waals surface area contributed by atoms with E-state index in [0.29, 0.717) is 32.9 Å². The molecule has 108 valence electrons. The van der Waals surface area contributed by atoms with Crippen LogP contribution in [0.5, 0.6) is 0 Å². The van der Waals surface area contributed by atoms with E-state index in [1.807, 2.05) is 0 Å². The van der Waals surface area contributed by atoms with Crippen LogP contribution in [0.1, 0.15) is 19.8 Å². The molecule has 0 aromatic heterocycles. The molecule has 1 amide bonds. The third-order valence-electron chi connectivity index (χ3n) is 3.83. The van der Waals surface area contributed by atoms with Crippen LogP contribution in [0.25, 0.3) is 0 Å². The Bertz CT molecular complexity index is 349. The summed E-state index contributed by atoms with van der Waals surface area (Å²) in [5, 5.41) is 0. The molecule has 0 radical (unpaired) electrons. The molecule has 0 N–H and O–H groups in total. The zero-order chi connectivity index (χ0) is 13.9. The number of alkyl halides is 1. The van der Waals surface area contributed by atoms with Gasteiger partial charge in [0.15, 0.2) is 0 Å². The second-order valence-corrected chi connectivity index (χ2v) is 5.48. The van der Waals surface area contributed by atoms with E-state index < -0.39 is 5.41 Å². The van der Waals surface area contributed by atoms with E-state index in [1.54, 1.807) is 11.8 Å². The van der Waals surface area contributed by atoms with Crippen molar-refractivity contribution in [2.24, 2.45) is 11.3 Å². The summed E-state index contributed by atoms with van der Waals surface area (Å²) in [6, 6.07) is 0. The van der Waals surface area contributed by atoms with Gasteiger partial charge in [-0.25, -0.2) is 0 Å². The second-order valence-electron chi connectivity index (χ2n) is 5.22. The molecule has 19 heavy (non-hydrogen) atoms. The van der Waals surface area contributed by atoms with Crippen molar-refractivity contribution in [3.63, 3.8) is 0 Å². The van der Waals surface area contributed by atoms with Gasteiger partial charge in [-0.05, 0) is 19.8 Å². The number of amides is 1. The highest BCUT2D eigenvalue weighted by molar-refractivity contribution is 6.20. The lowest BCUT2D eigenvalue weighted by Crippen LogP contribution is -2.64. The lowest BCUT2D eigenvalue weighted by molar-refractivity contribution is -0.170. The summed E-state index contributed by atoms with van der Waals surface area (Å²) in [4.78, 5) is 25.8. The van der Waals surface area contributed by atoms with Crippen molar-refractivity contribution in [2.45, 2.75) is 19.8 Å². The van der Waals surface area contributed by atoms with Gasteiger partial charge in [0.2, 0.25) is 5.91 Å².